The molecule has 1 fully saturated rings. The van der Waals surface area contributed by atoms with E-state index < -0.39 is 0 Å². The van der Waals surface area contributed by atoms with Crippen LogP contribution < -0.4 is 15.6 Å². The second-order valence-corrected chi connectivity index (χ2v) is 7.32. The number of rotatable bonds is 7. The van der Waals surface area contributed by atoms with Crippen molar-refractivity contribution in [3.05, 3.63) is 46.8 Å². The molecule has 1 saturated heterocycles. The smallest absolute Gasteiger partial charge is 0.267 e. The van der Waals surface area contributed by atoms with Crippen LogP contribution in [0.2, 0.25) is 0 Å². The molecule has 0 bridgehead atoms. The van der Waals surface area contributed by atoms with E-state index in [1.165, 1.54) is 30.5 Å². The topological polar surface area (TPSA) is 56.1 Å². The van der Waals surface area contributed by atoms with Crippen LogP contribution in [0.25, 0.3) is 11.3 Å². The lowest BCUT2D eigenvalue weighted by Crippen LogP contribution is -2.29. The Morgan fingerprint density at radius 1 is 1.23 bits per heavy atom. The Hall–Kier alpha value is -2.14. The van der Waals surface area contributed by atoms with Crippen molar-refractivity contribution in [2.45, 2.75) is 45.6 Å². The van der Waals surface area contributed by atoms with Gasteiger partial charge in [0.25, 0.3) is 5.56 Å². The number of hydrogen-bond donors (Lipinski definition) is 1. The van der Waals surface area contributed by atoms with Crippen LogP contribution >= 0.6 is 0 Å². The summed E-state index contributed by atoms with van der Waals surface area (Å²) in [4.78, 5) is 11.8. The lowest BCUT2D eigenvalue weighted by Gasteiger charge is -2.22. The van der Waals surface area contributed by atoms with Crippen LogP contribution in [-0.4, -0.2) is 29.5 Å². The minimum absolute atomic E-state index is 0.0458. The van der Waals surface area contributed by atoms with Gasteiger partial charge >= 0.3 is 0 Å². The van der Waals surface area contributed by atoms with Gasteiger partial charge in [0.2, 0.25) is 0 Å². The highest BCUT2D eigenvalue weighted by Gasteiger charge is 2.12. The molecule has 5 heteroatoms. The molecule has 5 nitrogen and oxygen atoms in total. The monoisotopic (exact) mass is 355 g/mol. The Labute approximate surface area is 155 Å². The Kier molecular flexibility index (Phi) is 6.45. The molecule has 26 heavy (non-hydrogen) atoms. The number of ether oxygens (including phenoxy) is 1. The summed E-state index contributed by atoms with van der Waals surface area (Å²) in [6.07, 6.45) is 4.96. The zero-order chi connectivity index (χ0) is 18.4. The standard InChI is InChI=1S/C21H29N3O2/c1-16(2)24-21(25)12-11-20(23-24)18-7-9-19(10-8-18)26-14-4-6-17-5-3-13-22-15-17/h7-12,16-17,22H,3-6,13-15H2,1-2H3. The first kappa shape index (κ1) is 18.6. The maximum absolute atomic E-state index is 11.8. The van der Waals surface area contributed by atoms with Crippen LogP contribution in [0, 0.1) is 5.92 Å². The SMILES string of the molecule is CC(C)n1nc(-c2ccc(OCCCC3CCCNC3)cc2)ccc1=O. The molecular weight excluding hydrogens is 326 g/mol. The summed E-state index contributed by atoms with van der Waals surface area (Å²) < 4.78 is 7.39. The fourth-order valence-electron chi connectivity index (χ4n) is 3.40. The van der Waals surface area contributed by atoms with Gasteiger partial charge < -0.3 is 10.1 Å². The molecule has 0 saturated carbocycles. The molecule has 1 aromatic heterocycles. The Morgan fingerprint density at radius 3 is 2.73 bits per heavy atom. The number of piperidine rings is 1. The number of aromatic nitrogens is 2. The molecule has 1 unspecified atom stereocenters. The van der Waals surface area contributed by atoms with Crippen LogP contribution in [0.15, 0.2) is 41.2 Å². The Morgan fingerprint density at radius 2 is 2.04 bits per heavy atom. The lowest BCUT2D eigenvalue weighted by atomic mass is 9.95. The molecule has 0 aliphatic carbocycles. The van der Waals surface area contributed by atoms with Crippen molar-refractivity contribution in [2.75, 3.05) is 19.7 Å². The number of nitrogens with one attached hydrogen (secondary N) is 1. The third-order valence-electron chi connectivity index (χ3n) is 4.89. The third kappa shape index (κ3) is 4.94. The summed E-state index contributed by atoms with van der Waals surface area (Å²) in [5.41, 5.74) is 1.71. The van der Waals surface area contributed by atoms with E-state index in [4.69, 9.17) is 4.74 Å². The van der Waals surface area contributed by atoms with Gasteiger partial charge in [-0.1, -0.05) is 0 Å². The second-order valence-electron chi connectivity index (χ2n) is 7.32. The summed E-state index contributed by atoms with van der Waals surface area (Å²) in [6.45, 7) is 6.99. The van der Waals surface area contributed by atoms with Crippen molar-refractivity contribution >= 4 is 0 Å². The predicted octanol–water partition coefficient (Wildman–Crippen LogP) is 3.65. The van der Waals surface area contributed by atoms with Crippen molar-refractivity contribution < 1.29 is 4.74 Å². The number of benzene rings is 1. The Bertz CT molecular complexity index is 747. The van der Waals surface area contributed by atoms with Gasteiger partial charge in [-0.15, -0.1) is 0 Å². The highest BCUT2D eigenvalue weighted by atomic mass is 16.5. The van der Waals surface area contributed by atoms with Crippen molar-refractivity contribution in [3.8, 4) is 17.0 Å². The summed E-state index contributed by atoms with van der Waals surface area (Å²) in [7, 11) is 0. The molecule has 1 atom stereocenters. The van der Waals surface area contributed by atoms with Crippen molar-refractivity contribution in [1.82, 2.24) is 15.1 Å². The molecule has 1 aliphatic heterocycles. The second kappa shape index (κ2) is 8.99. The van der Waals surface area contributed by atoms with Crippen LogP contribution in [0.1, 0.15) is 45.6 Å². The molecule has 1 aliphatic rings. The first-order valence-corrected chi connectivity index (χ1v) is 9.67. The average Bonchev–Trinajstić information content (AvgIpc) is 2.67. The van der Waals surface area contributed by atoms with E-state index in [-0.39, 0.29) is 11.6 Å². The van der Waals surface area contributed by atoms with Gasteiger partial charge in [0, 0.05) is 11.6 Å². The molecule has 0 spiro atoms. The number of hydrogen-bond acceptors (Lipinski definition) is 4. The van der Waals surface area contributed by atoms with Crippen LogP contribution in [-0.2, 0) is 0 Å². The summed E-state index contributed by atoms with van der Waals surface area (Å²) in [6, 6.07) is 11.3. The molecule has 0 amide bonds. The maximum Gasteiger partial charge on any atom is 0.267 e. The molecule has 1 aromatic carbocycles. The third-order valence-corrected chi connectivity index (χ3v) is 4.89. The molecule has 2 aromatic rings. The van der Waals surface area contributed by atoms with Crippen molar-refractivity contribution in [1.29, 1.82) is 0 Å². The van der Waals surface area contributed by atoms with E-state index in [9.17, 15) is 4.79 Å². The molecular formula is C21H29N3O2. The molecule has 0 radical (unpaired) electrons. The van der Waals surface area contributed by atoms with Gasteiger partial charge in [-0.3, -0.25) is 4.79 Å². The minimum Gasteiger partial charge on any atom is -0.494 e. The molecule has 140 valence electrons. The van der Waals surface area contributed by atoms with E-state index in [2.05, 4.69) is 10.4 Å². The van der Waals surface area contributed by atoms with Crippen molar-refractivity contribution in [2.24, 2.45) is 5.92 Å². The highest BCUT2D eigenvalue weighted by molar-refractivity contribution is 5.59. The molecule has 3 rings (SSSR count). The first-order valence-electron chi connectivity index (χ1n) is 9.67. The predicted molar refractivity (Wildman–Crippen MR) is 105 cm³/mol. The summed E-state index contributed by atoms with van der Waals surface area (Å²) >= 11 is 0. The Balaban J connectivity index is 1.53. The fraction of sp³-hybridized carbons (Fsp3) is 0.524. The van der Waals surface area contributed by atoms with Gasteiger partial charge in [-0.25, -0.2) is 4.68 Å². The lowest BCUT2D eigenvalue weighted by molar-refractivity contribution is 0.275. The van der Waals surface area contributed by atoms with Crippen LogP contribution in [0.5, 0.6) is 5.75 Å². The van der Waals surface area contributed by atoms with E-state index in [0.29, 0.717) is 0 Å². The van der Waals surface area contributed by atoms with E-state index in [1.807, 2.05) is 38.1 Å². The fourth-order valence-corrected chi connectivity index (χ4v) is 3.40. The maximum atomic E-state index is 11.8. The minimum atomic E-state index is -0.0723. The van der Waals surface area contributed by atoms with Crippen LogP contribution in [0.4, 0.5) is 0 Å². The number of nitrogens with zero attached hydrogens (tertiary/aromatic N) is 2. The van der Waals surface area contributed by atoms with Crippen LogP contribution in [0.3, 0.4) is 0 Å². The van der Waals surface area contributed by atoms with E-state index in [0.717, 1.165) is 42.5 Å². The van der Waals surface area contributed by atoms with Gasteiger partial charge in [0.1, 0.15) is 5.75 Å². The average molecular weight is 355 g/mol. The van der Waals surface area contributed by atoms with E-state index >= 15 is 0 Å². The first-order chi connectivity index (χ1) is 12.6. The van der Waals surface area contributed by atoms with Gasteiger partial charge in [-0.2, -0.15) is 5.10 Å². The highest BCUT2D eigenvalue weighted by Crippen LogP contribution is 2.21. The largest absolute Gasteiger partial charge is 0.494 e. The van der Waals surface area contributed by atoms with Gasteiger partial charge in [-0.05, 0) is 88.9 Å². The quantitative estimate of drug-likeness (QED) is 0.770. The summed E-state index contributed by atoms with van der Waals surface area (Å²) in [5.74, 6) is 1.69. The molecule has 2 heterocycles. The zero-order valence-electron chi connectivity index (χ0n) is 15.8. The van der Waals surface area contributed by atoms with Gasteiger partial charge in [0.05, 0.1) is 18.3 Å². The molecule has 1 N–H and O–H groups in total. The normalized spacial score (nSPS) is 17.4. The summed E-state index contributed by atoms with van der Waals surface area (Å²) in [5, 5.41) is 7.92. The van der Waals surface area contributed by atoms with Crippen molar-refractivity contribution in [3.63, 3.8) is 0 Å². The van der Waals surface area contributed by atoms with Gasteiger partial charge in [0.15, 0.2) is 0 Å². The zero-order valence-corrected chi connectivity index (χ0v) is 15.8. The van der Waals surface area contributed by atoms with E-state index in [1.54, 1.807) is 12.1 Å².